The molecule has 3 N–H and O–H groups in total. The molecular weight excluding hydrogens is 314 g/mol. The summed E-state index contributed by atoms with van der Waals surface area (Å²) in [7, 11) is 1.43. The second-order valence-electron chi connectivity index (χ2n) is 4.56. The molecule has 2 rings (SSSR count). The Balaban J connectivity index is 2.24. The van der Waals surface area contributed by atoms with Gasteiger partial charge in [-0.2, -0.15) is 0 Å². The van der Waals surface area contributed by atoms with Gasteiger partial charge < -0.3 is 4.74 Å². The normalized spacial score (nSPS) is 12.2. The average molecular weight is 329 g/mol. The number of hydrazine groups is 1. The molecule has 0 saturated heterocycles. The zero-order valence-electron chi connectivity index (χ0n) is 11.4. The van der Waals surface area contributed by atoms with E-state index in [1.165, 1.54) is 13.2 Å². The second-order valence-corrected chi connectivity index (χ2v) is 5.40. The zero-order chi connectivity index (χ0) is 15.4. The summed E-state index contributed by atoms with van der Waals surface area (Å²) in [5, 5.41) is 1.06. The lowest BCUT2D eigenvalue weighted by Gasteiger charge is -2.18. The first kappa shape index (κ1) is 16.0. The van der Waals surface area contributed by atoms with Crippen LogP contribution in [0.5, 0.6) is 5.75 Å². The Hall–Kier alpha value is -1.33. The summed E-state index contributed by atoms with van der Waals surface area (Å²) in [6.45, 7) is 0. The van der Waals surface area contributed by atoms with Crippen LogP contribution in [0.1, 0.15) is 17.2 Å². The van der Waals surface area contributed by atoms with Crippen LogP contribution < -0.4 is 16.0 Å². The maximum Gasteiger partial charge on any atom is 0.165 e. The lowest BCUT2D eigenvalue weighted by Crippen LogP contribution is -2.29. The number of hydrogen-bond donors (Lipinski definition) is 2. The van der Waals surface area contributed by atoms with Gasteiger partial charge in [-0.05, 0) is 41.8 Å². The van der Waals surface area contributed by atoms with Crippen molar-refractivity contribution in [3.05, 3.63) is 63.4 Å². The van der Waals surface area contributed by atoms with E-state index in [1.807, 2.05) is 0 Å². The van der Waals surface area contributed by atoms with Gasteiger partial charge in [0.25, 0.3) is 0 Å². The van der Waals surface area contributed by atoms with Gasteiger partial charge in [0.05, 0.1) is 13.2 Å². The van der Waals surface area contributed by atoms with Gasteiger partial charge in [-0.1, -0.05) is 35.3 Å². The molecule has 0 fully saturated rings. The highest BCUT2D eigenvalue weighted by Crippen LogP contribution is 2.29. The average Bonchev–Trinajstić information content (AvgIpc) is 2.45. The molecule has 2 aromatic carbocycles. The molecule has 3 nitrogen and oxygen atoms in total. The lowest BCUT2D eigenvalue weighted by atomic mass is 9.99. The van der Waals surface area contributed by atoms with Crippen molar-refractivity contribution in [1.29, 1.82) is 0 Å². The summed E-state index contributed by atoms with van der Waals surface area (Å²) in [6.07, 6.45) is 0.485. The molecule has 0 spiro atoms. The summed E-state index contributed by atoms with van der Waals surface area (Å²) >= 11 is 12.1. The Bertz CT molecular complexity index is 637. The van der Waals surface area contributed by atoms with Crippen LogP contribution in [-0.2, 0) is 6.42 Å². The second kappa shape index (κ2) is 7.09. The predicted molar refractivity (Wildman–Crippen MR) is 83.2 cm³/mol. The van der Waals surface area contributed by atoms with E-state index in [0.29, 0.717) is 16.5 Å². The van der Waals surface area contributed by atoms with Crippen LogP contribution in [0.15, 0.2) is 36.4 Å². The number of nitrogens with one attached hydrogen (secondary N) is 1. The van der Waals surface area contributed by atoms with Gasteiger partial charge in [-0.25, -0.2) is 4.39 Å². The van der Waals surface area contributed by atoms with Gasteiger partial charge in [0.2, 0.25) is 0 Å². The topological polar surface area (TPSA) is 47.3 Å². The number of nitrogens with two attached hydrogens (primary N) is 1. The Morgan fingerprint density at radius 2 is 2.00 bits per heavy atom. The fourth-order valence-electron chi connectivity index (χ4n) is 2.12. The number of rotatable bonds is 5. The van der Waals surface area contributed by atoms with Crippen LogP contribution in [0, 0.1) is 5.82 Å². The molecule has 112 valence electrons. The van der Waals surface area contributed by atoms with Crippen LogP contribution in [0.3, 0.4) is 0 Å². The van der Waals surface area contributed by atoms with Crippen molar-refractivity contribution in [3.8, 4) is 5.75 Å². The summed E-state index contributed by atoms with van der Waals surface area (Å²) in [5.41, 5.74) is 4.28. The van der Waals surface area contributed by atoms with E-state index in [4.69, 9.17) is 33.8 Å². The van der Waals surface area contributed by atoms with E-state index in [1.54, 1.807) is 30.3 Å². The molecule has 0 heterocycles. The van der Waals surface area contributed by atoms with Crippen molar-refractivity contribution in [2.45, 2.75) is 12.5 Å². The fourth-order valence-corrected chi connectivity index (χ4v) is 2.66. The van der Waals surface area contributed by atoms with Crippen molar-refractivity contribution in [2.24, 2.45) is 5.84 Å². The van der Waals surface area contributed by atoms with Gasteiger partial charge in [-0.15, -0.1) is 0 Å². The third-order valence-electron chi connectivity index (χ3n) is 3.20. The SMILES string of the molecule is COc1ccc(CC(NN)c2ccc(Cl)cc2Cl)cc1F. The molecule has 1 atom stereocenters. The molecular formula is C15H15Cl2FN2O. The largest absolute Gasteiger partial charge is 0.494 e. The first-order valence-corrected chi connectivity index (χ1v) is 7.04. The minimum absolute atomic E-state index is 0.209. The highest BCUT2D eigenvalue weighted by Gasteiger charge is 2.15. The molecule has 21 heavy (non-hydrogen) atoms. The van der Waals surface area contributed by atoms with Gasteiger partial charge in [0.1, 0.15) is 0 Å². The molecule has 0 aliphatic heterocycles. The minimum atomic E-state index is -0.409. The van der Waals surface area contributed by atoms with Crippen LogP contribution in [0.2, 0.25) is 10.0 Å². The summed E-state index contributed by atoms with van der Waals surface area (Å²) < 4.78 is 18.6. The van der Waals surface area contributed by atoms with E-state index in [2.05, 4.69) is 5.43 Å². The Morgan fingerprint density at radius 1 is 1.24 bits per heavy atom. The highest BCUT2D eigenvalue weighted by atomic mass is 35.5. The molecule has 1 unspecified atom stereocenters. The van der Waals surface area contributed by atoms with Crippen molar-refractivity contribution in [3.63, 3.8) is 0 Å². The maximum absolute atomic E-state index is 13.7. The van der Waals surface area contributed by atoms with Gasteiger partial charge in [-0.3, -0.25) is 11.3 Å². The lowest BCUT2D eigenvalue weighted by molar-refractivity contribution is 0.386. The highest BCUT2D eigenvalue weighted by molar-refractivity contribution is 6.35. The van der Waals surface area contributed by atoms with Crippen molar-refractivity contribution in [1.82, 2.24) is 5.43 Å². The third-order valence-corrected chi connectivity index (χ3v) is 3.76. The standard InChI is InChI=1S/C15H15Cl2FN2O/c1-21-15-5-2-9(6-13(15)18)7-14(20-19)11-4-3-10(16)8-12(11)17/h2-6,8,14,20H,7,19H2,1H3. The minimum Gasteiger partial charge on any atom is -0.494 e. The molecule has 2 aromatic rings. The van der Waals surface area contributed by atoms with E-state index < -0.39 is 5.82 Å². The monoisotopic (exact) mass is 328 g/mol. The van der Waals surface area contributed by atoms with Crippen LogP contribution >= 0.6 is 23.2 Å². The molecule has 0 aliphatic rings. The van der Waals surface area contributed by atoms with E-state index in [-0.39, 0.29) is 11.8 Å². The van der Waals surface area contributed by atoms with Crippen molar-refractivity contribution >= 4 is 23.2 Å². The van der Waals surface area contributed by atoms with Gasteiger partial charge in [0, 0.05) is 10.0 Å². The number of methoxy groups -OCH3 is 1. The summed E-state index contributed by atoms with van der Waals surface area (Å²) in [6, 6.07) is 9.74. The van der Waals surface area contributed by atoms with Gasteiger partial charge in [0.15, 0.2) is 11.6 Å². The predicted octanol–water partition coefficient (Wildman–Crippen LogP) is 3.89. The van der Waals surface area contributed by atoms with E-state index in [0.717, 1.165) is 11.1 Å². The molecule has 6 heteroatoms. The molecule has 0 saturated carbocycles. The summed E-state index contributed by atoms with van der Waals surface area (Å²) in [5.74, 6) is 5.39. The van der Waals surface area contributed by atoms with E-state index >= 15 is 0 Å². The maximum atomic E-state index is 13.7. The molecule has 0 bridgehead atoms. The third kappa shape index (κ3) is 3.86. The Labute approximate surface area is 132 Å². The summed E-state index contributed by atoms with van der Waals surface area (Å²) in [4.78, 5) is 0. The first-order chi connectivity index (χ1) is 10.0. The van der Waals surface area contributed by atoms with Crippen molar-refractivity contribution in [2.75, 3.05) is 7.11 Å². The molecule has 0 aliphatic carbocycles. The van der Waals surface area contributed by atoms with Crippen LogP contribution in [0.4, 0.5) is 4.39 Å². The fraction of sp³-hybridized carbons (Fsp3) is 0.200. The van der Waals surface area contributed by atoms with Gasteiger partial charge >= 0.3 is 0 Å². The number of benzene rings is 2. The number of hydrogen-bond acceptors (Lipinski definition) is 3. The molecule has 0 amide bonds. The number of ether oxygens (including phenoxy) is 1. The van der Waals surface area contributed by atoms with Crippen LogP contribution in [0.25, 0.3) is 0 Å². The smallest absolute Gasteiger partial charge is 0.165 e. The number of halogens is 3. The molecule has 0 radical (unpaired) electrons. The van der Waals surface area contributed by atoms with Crippen LogP contribution in [-0.4, -0.2) is 7.11 Å². The Morgan fingerprint density at radius 3 is 2.57 bits per heavy atom. The quantitative estimate of drug-likeness (QED) is 0.646. The van der Waals surface area contributed by atoms with E-state index in [9.17, 15) is 4.39 Å². The van der Waals surface area contributed by atoms with Crippen molar-refractivity contribution < 1.29 is 9.13 Å². The zero-order valence-corrected chi connectivity index (χ0v) is 12.9. The molecule has 0 aromatic heterocycles. The first-order valence-electron chi connectivity index (χ1n) is 6.28. The Kier molecular flexibility index (Phi) is 5.42.